The summed E-state index contributed by atoms with van der Waals surface area (Å²) in [7, 11) is 0. The number of nitrogens with one attached hydrogen (secondary N) is 1. The Hall–Kier alpha value is -1.43. The van der Waals surface area contributed by atoms with Crippen molar-refractivity contribution >= 4 is 5.91 Å². The largest absolute Gasteiger partial charge is 0.354 e. The van der Waals surface area contributed by atoms with Crippen LogP contribution in [0.15, 0.2) is 12.4 Å². The highest BCUT2D eigenvalue weighted by atomic mass is 16.1. The zero-order valence-corrected chi connectivity index (χ0v) is 8.02. The van der Waals surface area contributed by atoms with E-state index in [9.17, 15) is 4.79 Å². The van der Waals surface area contributed by atoms with Crippen LogP contribution >= 0.6 is 0 Å². The molecule has 1 amide bonds. The van der Waals surface area contributed by atoms with Crippen molar-refractivity contribution in [2.24, 2.45) is 5.73 Å². The van der Waals surface area contributed by atoms with Crippen molar-refractivity contribution in [3.05, 3.63) is 12.4 Å². The highest BCUT2D eigenvalue weighted by Crippen LogP contribution is 1.85. The average Bonchev–Trinajstić information content (AvgIpc) is 2.67. The van der Waals surface area contributed by atoms with Crippen molar-refractivity contribution in [3.8, 4) is 0 Å². The Balaban J connectivity index is 2.06. The van der Waals surface area contributed by atoms with E-state index in [-0.39, 0.29) is 5.91 Å². The van der Waals surface area contributed by atoms with E-state index in [0.29, 0.717) is 26.1 Å². The van der Waals surface area contributed by atoms with Crippen LogP contribution in [-0.4, -0.2) is 34.0 Å². The summed E-state index contributed by atoms with van der Waals surface area (Å²) >= 11 is 0. The zero-order valence-electron chi connectivity index (χ0n) is 8.02. The van der Waals surface area contributed by atoms with Gasteiger partial charge in [-0.05, 0) is 13.0 Å². The highest BCUT2D eigenvalue weighted by molar-refractivity contribution is 5.75. The van der Waals surface area contributed by atoms with Gasteiger partial charge in [-0.1, -0.05) is 5.21 Å². The molecule has 0 saturated heterocycles. The molecule has 6 heteroatoms. The van der Waals surface area contributed by atoms with E-state index >= 15 is 0 Å². The lowest BCUT2D eigenvalue weighted by molar-refractivity contribution is -0.121. The molecule has 0 fully saturated rings. The predicted molar refractivity (Wildman–Crippen MR) is 51.3 cm³/mol. The fraction of sp³-hybridized carbons (Fsp3) is 0.625. The molecule has 6 nitrogen and oxygen atoms in total. The van der Waals surface area contributed by atoms with Gasteiger partial charge >= 0.3 is 0 Å². The van der Waals surface area contributed by atoms with Gasteiger partial charge in [0.1, 0.15) is 0 Å². The van der Waals surface area contributed by atoms with Crippen LogP contribution in [0, 0.1) is 0 Å². The molecule has 1 rings (SSSR count). The van der Waals surface area contributed by atoms with E-state index in [1.165, 1.54) is 0 Å². The molecular weight excluding hydrogens is 182 g/mol. The molecule has 0 aromatic carbocycles. The average molecular weight is 197 g/mol. The summed E-state index contributed by atoms with van der Waals surface area (Å²) in [6, 6.07) is 0. The second-order valence-corrected chi connectivity index (χ2v) is 2.91. The van der Waals surface area contributed by atoms with Gasteiger partial charge in [-0.2, -0.15) is 0 Å². The minimum absolute atomic E-state index is 0.0376. The quantitative estimate of drug-likeness (QED) is 0.621. The normalized spacial score (nSPS) is 10.1. The van der Waals surface area contributed by atoms with Gasteiger partial charge in [-0.3, -0.25) is 9.48 Å². The predicted octanol–water partition coefficient (Wildman–Crippen LogP) is -0.867. The van der Waals surface area contributed by atoms with Crippen molar-refractivity contribution in [1.29, 1.82) is 0 Å². The lowest BCUT2D eigenvalue weighted by atomic mass is 10.3. The Morgan fingerprint density at radius 1 is 1.57 bits per heavy atom. The van der Waals surface area contributed by atoms with Crippen LogP contribution in [0.1, 0.15) is 12.8 Å². The summed E-state index contributed by atoms with van der Waals surface area (Å²) in [5, 5.41) is 10.2. The number of nitrogens with two attached hydrogens (primary N) is 1. The first-order valence-electron chi connectivity index (χ1n) is 4.64. The van der Waals surface area contributed by atoms with E-state index in [0.717, 1.165) is 6.42 Å². The maximum Gasteiger partial charge on any atom is 0.220 e. The van der Waals surface area contributed by atoms with Crippen LogP contribution in [0.5, 0.6) is 0 Å². The zero-order chi connectivity index (χ0) is 10.2. The highest BCUT2D eigenvalue weighted by Gasteiger charge is 1.99. The van der Waals surface area contributed by atoms with Gasteiger partial charge in [0.15, 0.2) is 0 Å². The molecule has 1 aromatic heterocycles. The number of carbonyl (C=O) groups is 1. The van der Waals surface area contributed by atoms with E-state index in [4.69, 9.17) is 5.73 Å². The number of hydrogen-bond acceptors (Lipinski definition) is 4. The number of aromatic nitrogens is 3. The minimum atomic E-state index is 0.0376. The number of nitrogens with zero attached hydrogens (tertiary/aromatic N) is 3. The summed E-state index contributed by atoms with van der Waals surface area (Å²) in [5.74, 6) is 0.0376. The molecule has 0 saturated carbocycles. The Bertz CT molecular complexity index is 259. The van der Waals surface area contributed by atoms with Crippen molar-refractivity contribution in [2.45, 2.75) is 19.4 Å². The van der Waals surface area contributed by atoms with Crippen LogP contribution in [0.3, 0.4) is 0 Å². The second-order valence-electron chi connectivity index (χ2n) is 2.91. The number of carbonyl (C=O) groups excluding carboxylic acids is 1. The van der Waals surface area contributed by atoms with Gasteiger partial charge in [0.2, 0.25) is 5.91 Å². The minimum Gasteiger partial charge on any atom is -0.354 e. The smallest absolute Gasteiger partial charge is 0.220 e. The van der Waals surface area contributed by atoms with Crippen molar-refractivity contribution in [1.82, 2.24) is 20.3 Å². The molecule has 0 aliphatic carbocycles. The molecule has 1 aromatic rings. The standard InChI is InChI=1S/C8H15N5O/c9-3-1-2-8(14)10-4-6-13-7-5-11-12-13/h5,7H,1-4,6,9H2,(H,10,14). The molecule has 0 bridgehead atoms. The van der Waals surface area contributed by atoms with Gasteiger partial charge in [0.05, 0.1) is 12.7 Å². The number of rotatable bonds is 6. The summed E-state index contributed by atoms with van der Waals surface area (Å²) in [5.41, 5.74) is 5.28. The van der Waals surface area contributed by atoms with Crippen LogP contribution in [0.25, 0.3) is 0 Å². The monoisotopic (exact) mass is 197 g/mol. The summed E-state index contributed by atoms with van der Waals surface area (Å²) in [6.45, 7) is 1.78. The molecule has 0 aliphatic rings. The van der Waals surface area contributed by atoms with Crippen molar-refractivity contribution < 1.29 is 4.79 Å². The van der Waals surface area contributed by atoms with Gasteiger partial charge in [0.25, 0.3) is 0 Å². The lowest BCUT2D eigenvalue weighted by Gasteiger charge is -2.03. The number of hydrogen-bond donors (Lipinski definition) is 2. The SMILES string of the molecule is NCCCC(=O)NCCn1ccnn1. The molecule has 0 radical (unpaired) electrons. The third-order valence-electron chi connectivity index (χ3n) is 1.74. The third kappa shape index (κ3) is 3.99. The molecule has 0 aliphatic heterocycles. The Labute approximate surface area is 82.5 Å². The van der Waals surface area contributed by atoms with Gasteiger partial charge in [-0.15, -0.1) is 5.10 Å². The van der Waals surface area contributed by atoms with Gasteiger partial charge in [-0.25, -0.2) is 0 Å². The van der Waals surface area contributed by atoms with Gasteiger partial charge in [0, 0.05) is 19.2 Å². The van der Waals surface area contributed by atoms with Crippen LogP contribution in [0.4, 0.5) is 0 Å². The van der Waals surface area contributed by atoms with Crippen LogP contribution in [-0.2, 0) is 11.3 Å². The molecule has 78 valence electrons. The summed E-state index contributed by atoms with van der Waals surface area (Å²) in [6.07, 6.45) is 4.59. The topological polar surface area (TPSA) is 85.8 Å². The Kier molecular flexibility index (Phi) is 4.63. The maximum atomic E-state index is 11.1. The Morgan fingerprint density at radius 2 is 2.43 bits per heavy atom. The van der Waals surface area contributed by atoms with Crippen molar-refractivity contribution in [3.63, 3.8) is 0 Å². The lowest BCUT2D eigenvalue weighted by Crippen LogP contribution is -2.27. The number of amides is 1. The van der Waals surface area contributed by atoms with Crippen molar-refractivity contribution in [2.75, 3.05) is 13.1 Å². The fourth-order valence-electron chi connectivity index (χ4n) is 1.01. The molecule has 0 atom stereocenters. The Morgan fingerprint density at radius 3 is 3.07 bits per heavy atom. The van der Waals surface area contributed by atoms with E-state index in [1.54, 1.807) is 17.1 Å². The molecule has 14 heavy (non-hydrogen) atoms. The molecule has 0 spiro atoms. The first-order valence-corrected chi connectivity index (χ1v) is 4.64. The first-order chi connectivity index (χ1) is 6.83. The summed E-state index contributed by atoms with van der Waals surface area (Å²) in [4.78, 5) is 11.1. The molecule has 3 N–H and O–H groups in total. The maximum absolute atomic E-state index is 11.1. The first kappa shape index (κ1) is 10.6. The third-order valence-corrected chi connectivity index (χ3v) is 1.74. The van der Waals surface area contributed by atoms with Gasteiger partial charge < -0.3 is 11.1 Å². The molecular formula is C8H15N5O. The summed E-state index contributed by atoms with van der Waals surface area (Å²) < 4.78 is 1.67. The fourth-order valence-corrected chi connectivity index (χ4v) is 1.01. The van der Waals surface area contributed by atoms with E-state index < -0.39 is 0 Å². The van der Waals surface area contributed by atoms with Crippen LogP contribution < -0.4 is 11.1 Å². The molecule has 0 unspecified atom stereocenters. The van der Waals surface area contributed by atoms with Crippen LogP contribution in [0.2, 0.25) is 0 Å². The van der Waals surface area contributed by atoms with E-state index in [2.05, 4.69) is 15.6 Å². The molecule has 1 heterocycles. The van der Waals surface area contributed by atoms with E-state index in [1.807, 2.05) is 0 Å². The second kappa shape index (κ2) is 6.09.